The Morgan fingerprint density at radius 2 is 2.05 bits per heavy atom. The molecule has 1 aromatic carbocycles. The van der Waals surface area contributed by atoms with E-state index in [9.17, 15) is 28.9 Å². The topological polar surface area (TPSA) is 153 Å². The summed E-state index contributed by atoms with van der Waals surface area (Å²) in [4.78, 5) is 42.8. The predicted molar refractivity (Wildman–Crippen MR) is 65.8 cm³/mol. The molecule has 112 valence electrons. The van der Waals surface area contributed by atoms with Crippen LogP contribution in [0.1, 0.15) is 16.8 Å². The van der Waals surface area contributed by atoms with Gasteiger partial charge in [0.15, 0.2) is 0 Å². The van der Waals surface area contributed by atoms with Gasteiger partial charge in [-0.1, -0.05) is 0 Å². The molecule has 10 heteroatoms. The lowest BCUT2D eigenvalue weighted by atomic mass is 10.1. The molecule has 0 aromatic heterocycles. The average molecular weight is 299 g/mol. The van der Waals surface area contributed by atoms with Crippen LogP contribution in [0.3, 0.4) is 0 Å². The molecule has 0 fully saturated rings. The molecular formula is C11H10FN3O6. The normalized spacial score (nSPS) is 11.5. The molecule has 0 saturated heterocycles. The van der Waals surface area contributed by atoms with Crippen molar-refractivity contribution in [1.29, 1.82) is 0 Å². The monoisotopic (exact) mass is 299 g/mol. The zero-order chi connectivity index (χ0) is 16.2. The maximum absolute atomic E-state index is 13.6. The molecular weight excluding hydrogens is 289 g/mol. The van der Waals surface area contributed by atoms with Crippen molar-refractivity contribution in [2.45, 2.75) is 12.5 Å². The number of hydrogen-bond acceptors (Lipinski definition) is 5. The molecule has 0 saturated carbocycles. The number of amides is 2. The zero-order valence-electron chi connectivity index (χ0n) is 10.4. The molecule has 0 aliphatic heterocycles. The number of halogens is 1. The van der Waals surface area contributed by atoms with Gasteiger partial charge in [0, 0.05) is 6.07 Å². The highest BCUT2D eigenvalue weighted by Gasteiger charge is 2.24. The van der Waals surface area contributed by atoms with Gasteiger partial charge in [0.05, 0.1) is 23.0 Å². The van der Waals surface area contributed by atoms with Gasteiger partial charge in [-0.05, 0) is 6.07 Å². The van der Waals surface area contributed by atoms with E-state index in [1.54, 1.807) is 0 Å². The van der Waals surface area contributed by atoms with Crippen molar-refractivity contribution in [1.82, 2.24) is 5.32 Å². The molecule has 2 amide bonds. The summed E-state index contributed by atoms with van der Waals surface area (Å²) in [7, 11) is 0. The van der Waals surface area contributed by atoms with Crippen LogP contribution < -0.4 is 11.1 Å². The van der Waals surface area contributed by atoms with Gasteiger partial charge in [-0.2, -0.15) is 0 Å². The number of nitro benzene ring substituents is 1. The molecule has 0 bridgehead atoms. The van der Waals surface area contributed by atoms with Crippen molar-refractivity contribution in [3.05, 3.63) is 39.7 Å². The Labute approximate surface area is 116 Å². The lowest BCUT2D eigenvalue weighted by Gasteiger charge is -2.13. The summed E-state index contributed by atoms with van der Waals surface area (Å²) in [5.41, 5.74) is 3.68. The minimum atomic E-state index is -1.62. The number of carbonyl (C=O) groups excluding carboxylic acids is 2. The van der Waals surface area contributed by atoms with Gasteiger partial charge in [0.2, 0.25) is 5.91 Å². The maximum Gasteiger partial charge on any atom is 0.326 e. The van der Waals surface area contributed by atoms with E-state index in [1.165, 1.54) is 0 Å². The number of nitro groups is 1. The fourth-order valence-electron chi connectivity index (χ4n) is 1.44. The first-order valence-corrected chi connectivity index (χ1v) is 5.48. The third-order valence-corrected chi connectivity index (χ3v) is 2.42. The Hall–Kier alpha value is -3.04. The number of carboxylic acid groups (broad SMARTS) is 1. The molecule has 1 aromatic rings. The highest BCUT2D eigenvalue weighted by Crippen LogP contribution is 2.16. The summed E-state index contributed by atoms with van der Waals surface area (Å²) >= 11 is 0. The minimum absolute atomic E-state index is 0.527. The first-order valence-electron chi connectivity index (χ1n) is 5.48. The third kappa shape index (κ3) is 4.23. The zero-order valence-corrected chi connectivity index (χ0v) is 10.4. The van der Waals surface area contributed by atoms with Crippen LogP contribution in [0, 0.1) is 15.9 Å². The predicted octanol–water partition coefficient (Wildman–Crippen LogP) is -0.208. The SMILES string of the molecule is NC(=O)C[C@H](NC(=O)c1ccc([N+](=O)[O-])cc1F)C(=O)O. The number of nitrogens with zero attached hydrogens (tertiary/aromatic N) is 1. The van der Waals surface area contributed by atoms with E-state index in [-0.39, 0.29) is 0 Å². The van der Waals surface area contributed by atoms with Crippen LogP contribution in [-0.2, 0) is 9.59 Å². The second kappa shape index (κ2) is 6.41. The molecule has 0 radical (unpaired) electrons. The van der Waals surface area contributed by atoms with E-state index in [1.807, 2.05) is 5.32 Å². The van der Waals surface area contributed by atoms with Crippen molar-refractivity contribution >= 4 is 23.5 Å². The maximum atomic E-state index is 13.6. The number of aliphatic carboxylic acids is 1. The number of nitrogens with two attached hydrogens (primary N) is 1. The van der Waals surface area contributed by atoms with E-state index in [0.29, 0.717) is 6.07 Å². The summed E-state index contributed by atoms with van der Waals surface area (Å²) in [5.74, 6) is -4.81. The van der Waals surface area contributed by atoms with Crippen LogP contribution in [0.15, 0.2) is 18.2 Å². The number of rotatable bonds is 6. The fourth-order valence-corrected chi connectivity index (χ4v) is 1.44. The van der Waals surface area contributed by atoms with Crippen LogP contribution in [-0.4, -0.2) is 33.9 Å². The highest BCUT2D eigenvalue weighted by molar-refractivity contribution is 5.98. The number of benzene rings is 1. The quantitative estimate of drug-likeness (QED) is 0.488. The Morgan fingerprint density at radius 1 is 1.43 bits per heavy atom. The van der Waals surface area contributed by atoms with Gasteiger partial charge < -0.3 is 16.2 Å². The van der Waals surface area contributed by atoms with Crippen LogP contribution in [0.25, 0.3) is 0 Å². The van der Waals surface area contributed by atoms with Crippen molar-refractivity contribution in [2.24, 2.45) is 5.73 Å². The number of carboxylic acids is 1. The summed E-state index contributed by atoms with van der Waals surface area (Å²) in [6, 6.07) is 0.636. The molecule has 0 aliphatic rings. The molecule has 4 N–H and O–H groups in total. The van der Waals surface area contributed by atoms with Crippen molar-refractivity contribution in [3.8, 4) is 0 Å². The van der Waals surface area contributed by atoms with Crippen LogP contribution in [0.5, 0.6) is 0 Å². The van der Waals surface area contributed by atoms with Gasteiger partial charge in [-0.3, -0.25) is 19.7 Å². The van der Waals surface area contributed by atoms with Gasteiger partial charge in [0.1, 0.15) is 11.9 Å². The van der Waals surface area contributed by atoms with Crippen LogP contribution in [0.2, 0.25) is 0 Å². The minimum Gasteiger partial charge on any atom is -0.480 e. The number of non-ortho nitro benzene ring substituents is 1. The summed E-state index contributed by atoms with van der Waals surface area (Å²) < 4.78 is 13.6. The van der Waals surface area contributed by atoms with E-state index in [0.717, 1.165) is 12.1 Å². The second-order valence-corrected chi connectivity index (χ2v) is 3.96. The van der Waals surface area contributed by atoms with E-state index in [2.05, 4.69) is 0 Å². The molecule has 0 aliphatic carbocycles. The Bertz CT molecular complexity index is 618. The Morgan fingerprint density at radius 3 is 2.48 bits per heavy atom. The molecule has 1 atom stereocenters. The van der Waals surface area contributed by atoms with Gasteiger partial charge in [0.25, 0.3) is 11.6 Å². The van der Waals surface area contributed by atoms with Gasteiger partial charge in [-0.15, -0.1) is 0 Å². The van der Waals surface area contributed by atoms with E-state index >= 15 is 0 Å². The molecule has 9 nitrogen and oxygen atoms in total. The van der Waals surface area contributed by atoms with Crippen molar-refractivity contribution in [3.63, 3.8) is 0 Å². The van der Waals surface area contributed by atoms with E-state index < -0.39 is 52.2 Å². The second-order valence-electron chi connectivity index (χ2n) is 3.96. The molecule has 21 heavy (non-hydrogen) atoms. The molecule has 0 spiro atoms. The summed E-state index contributed by atoms with van der Waals surface area (Å²) in [5, 5.41) is 21.1. The largest absolute Gasteiger partial charge is 0.480 e. The first-order chi connectivity index (χ1) is 9.72. The highest BCUT2D eigenvalue weighted by atomic mass is 19.1. The summed E-state index contributed by atoms with van der Waals surface area (Å²) in [6.45, 7) is 0. The number of primary amides is 1. The first kappa shape index (κ1) is 16.0. The smallest absolute Gasteiger partial charge is 0.326 e. The van der Waals surface area contributed by atoms with Gasteiger partial charge in [-0.25, -0.2) is 9.18 Å². The van der Waals surface area contributed by atoms with Crippen LogP contribution >= 0.6 is 0 Å². The number of carbonyl (C=O) groups is 3. The van der Waals surface area contributed by atoms with E-state index in [4.69, 9.17) is 10.8 Å². The lowest BCUT2D eigenvalue weighted by Crippen LogP contribution is -2.43. The van der Waals surface area contributed by atoms with Crippen molar-refractivity contribution in [2.75, 3.05) is 0 Å². The standard InChI is InChI=1S/C11H10FN3O6/c12-7-3-5(15(20)21)1-2-6(7)10(17)14-8(11(18)19)4-9(13)16/h1-3,8H,4H2,(H2,13,16)(H,14,17)(H,18,19)/t8-/m0/s1. The van der Waals surface area contributed by atoms with Crippen LogP contribution in [0.4, 0.5) is 10.1 Å². The van der Waals surface area contributed by atoms with Gasteiger partial charge >= 0.3 is 5.97 Å². The number of nitrogens with one attached hydrogen (secondary N) is 1. The van der Waals surface area contributed by atoms with Crippen molar-refractivity contribution < 1.29 is 28.8 Å². The molecule has 0 heterocycles. The Kier molecular flexibility index (Phi) is 4.89. The third-order valence-electron chi connectivity index (χ3n) is 2.42. The summed E-state index contributed by atoms with van der Waals surface area (Å²) in [6.07, 6.45) is -0.671. The fraction of sp³-hybridized carbons (Fsp3) is 0.182. The molecule has 1 rings (SSSR count). The molecule has 0 unspecified atom stereocenters. The lowest BCUT2D eigenvalue weighted by molar-refractivity contribution is -0.385. The Balaban J connectivity index is 2.95. The number of hydrogen-bond donors (Lipinski definition) is 3. The average Bonchev–Trinajstić information content (AvgIpc) is 2.36.